The van der Waals surface area contributed by atoms with Gasteiger partial charge < -0.3 is 48.7 Å². The summed E-state index contributed by atoms with van der Waals surface area (Å²) < 4.78 is 35.7. The van der Waals surface area contributed by atoms with Gasteiger partial charge in [0.25, 0.3) is 0 Å². The maximum atomic E-state index is 12.7. The number of hydrogen-bond donors (Lipinski definition) is 3. The topological polar surface area (TPSA) is 277 Å². The standard InChI is InChI=1S/C23H21NO6.C23H23NO6.C22H21NO6/c1-2-11-28-21(25)12-20-22(26)30-14-24(20)23(27)29-13-19-17-9-5-3-7-15(17)16-8-4-6-10-18(16)19;1-3-12-29-21(25)13-20(22(26)27)24(2)23(28)30-14-19-17-10-6-4-8-15(17)16-9-5-7-11-18(16)19;1-2-11-28-20(24)12-19(21(25)26)23-22(27)29-13-18-16-9-5-3-7-14(16)15-8-4-6-10-17(15)18/h2-10,19-20H,1,11-14H2;3-11,19-20H,1,12-14H2,2H3,(H,26,27);2-10,18-19H,1,11-13H2,(H,23,27)(H,25,26)/t2*20-;19-/m000/s1. The van der Waals surface area contributed by atoms with Gasteiger partial charge in [-0.2, -0.15) is 0 Å². The lowest BCUT2D eigenvalue weighted by molar-refractivity contribution is -0.151. The Labute approximate surface area is 512 Å². The van der Waals surface area contributed by atoms with Gasteiger partial charge >= 0.3 is 54.1 Å². The first kappa shape index (κ1) is 64.2. The third-order valence-electron chi connectivity index (χ3n) is 15.1. The number of carbonyl (C=O) groups is 9. The van der Waals surface area contributed by atoms with Crippen LogP contribution in [-0.4, -0.2) is 146 Å². The summed E-state index contributed by atoms with van der Waals surface area (Å²) in [6.45, 7) is 10.2. The molecule has 0 spiro atoms. The van der Waals surface area contributed by atoms with Crippen molar-refractivity contribution in [3.8, 4) is 33.4 Å². The summed E-state index contributed by atoms with van der Waals surface area (Å²) >= 11 is 0. The molecule has 3 amide bonds. The highest BCUT2D eigenvalue weighted by molar-refractivity contribution is 5.89. The summed E-state index contributed by atoms with van der Waals surface area (Å²) in [6.07, 6.45) is 0.457. The van der Waals surface area contributed by atoms with Crippen LogP contribution in [-0.2, 0) is 61.9 Å². The number of carboxylic acids is 2. The van der Waals surface area contributed by atoms with Crippen LogP contribution in [0.1, 0.15) is 70.4 Å². The van der Waals surface area contributed by atoms with Crippen LogP contribution in [0.3, 0.4) is 0 Å². The zero-order valence-corrected chi connectivity index (χ0v) is 48.6. The molecule has 6 aromatic rings. The van der Waals surface area contributed by atoms with E-state index in [2.05, 4.69) is 25.1 Å². The molecule has 6 aromatic carbocycles. The molecule has 0 aromatic heterocycles. The third kappa shape index (κ3) is 15.6. The van der Waals surface area contributed by atoms with Gasteiger partial charge in [0.2, 0.25) is 0 Å². The van der Waals surface area contributed by atoms with Gasteiger partial charge in [0.15, 0.2) is 6.73 Å². The van der Waals surface area contributed by atoms with Crippen molar-refractivity contribution in [2.45, 2.75) is 55.1 Å². The predicted octanol–water partition coefficient (Wildman–Crippen LogP) is 9.78. The molecule has 3 N–H and O–H groups in total. The normalized spacial score (nSPS) is 14.4. The maximum absolute atomic E-state index is 12.7. The van der Waals surface area contributed by atoms with Crippen molar-refractivity contribution in [1.29, 1.82) is 0 Å². The summed E-state index contributed by atoms with van der Waals surface area (Å²) in [5.74, 6) is -5.82. The number of hydrogen-bond acceptors (Lipinski definition) is 16. The Morgan fingerprint density at radius 1 is 0.528 bits per heavy atom. The number of amides is 3. The number of ether oxygens (including phenoxy) is 7. The Bertz CT molecular complexity index is 3490. The first-order chi connectivity index (χ1) is 43.0. The van der Waals surface area contributed by atoms with Crippen LogP contribution in [0.15, 0.2) is 184 Å². The van der Waals surface area contributed by atoms with Gasteiger partial charge in [0.05, 0.1) is 19.3 Å². The minimum atomic E-state index is -1.44. The van der Waals surface area contributed by atoms with E-state index in [0.29, 0.717) is 0 Å². The lowest BCUT2D eigenvalue weighted by Crippen LogP contribution is -2.44. The Morgan fingerprint density at radius 2 is 0.888 bits per heavy atom. The fraction of sp³-hybridized carbons (Fsp3) is 0.250. The van der Waals surface area contributed by atoms with Gasteiger partial charge in [-0.25, -0.2) is 28.8 Å². The summed E-state index contributed by atoms with van der Waals surface area (Å²) in [6, 6.07) is 43.7. The molecule has 0 bridgehead atoms. The lowest BCUT2D eigenvalue weighted by atomic mass is 9.98. The monoisotopic (exact) mass is 1210 g/mol. The number of aliphatic carboxylic acids is 2. The van der Waals surface area contributed by atoms with Crippen molar-refractivity contribution in [1.82, 2.24) is 15.1 Å². The minimum absolute atomic E-state index is 0.0279. The Kier molecular flexibility index (Phi) is 22.0. The number of alkyl carbamates (subject to hydrolysis) is 1. The van der Waals surface area contributed by atoms with Crippen LogP contribution in [0.5, 0.6) is 0 Å². The Morgan fingerprint density at radius 3 is 1.27 bits per heavy atom. The molecule has 460 valence electrons. The van der Waals surface area contributed by atoms with Crippen molar-refractivity contribution < 1.29 is 86.5 Å². The molecule has 1 aliphatic heterocycles. The van der Waals surface area contributed by atoms with E-state index < -0.39 is 85.1 Å². The van der Waals surface area contributed by atoms with Crippen LogP contribution in [0.2, 0.25) is 0 Å². The number of carboxylic acid groups (broad SMARTS) is 2. The van der Waals surface area contributed by atoms with E-state index >= 15 is 0 Å². The number of cyclic esters (lactones) is 1. The highest BCUT2D eigenvalue weighted by atomic mass is 16.6. The second-order valence-electron chi connectivity index (χ2n) is 20.5. The van der Waals surface area contributed by atoms with E-state index in [4.69, 9.17) is 33.2 Å². The number of nitrogens with one attached hydrogen (secondary N) is 1. The second-order valence-corrected chi connectivity index (χ2v) is 20.5. The van der Waals surface area contributed by atoms with E-state index in [0.717, 1.165) is 76.6 Å². The van der Waals surface area contributed by atoms with E-state index in [1.54, 1.807) is 0 Å². The highest BCUT2D eigenvalue weighted by Crippen LogP contribution is 2.47. The largest absolute Gasteiger partial charge is 0.480 e. The average Bonchev–Trinajstić information content (AvgIpc) is 1.73. The highest BCUT2D eigenvalue weighted by Gasteiger charge is 2.42. The Hall–Kier alpha value is -10.8. The van der Waals surface area contributed by atoms with Gasteiger partial charge in [-0.3, -0.25) is 24.2 Å². The molecule has 3 aliphatic carbocycles. The molecule has 0 unspecified atom stereocenters. The lowest BCUT2D eigenvalue weighted by Gasteiger charge is -2.24. The second kappa shape index (κ2) is 30.5. The molecule has 1 heterocycles. The molecular weight excluding hydrogens is 1150 g/mol. The summed E-state index contributed by atoms with van der Waals surface area (Å²) in [4.78, 5) is 110. The van der Waals surface area contributed by atoms with Crippen molar-refractivity contribution in [3.63, 3.8) is 0 Å². The molecule has 10 rings (SSSR count). The number of esters is 4. The molecule has 1 saturated heterocycles. The Balaban J connectivity index is 0.000000173. The molecule has 21 nitrogen and oxygen atoms in total. The first-order valence-electron chi connectivity index (χ1n) is 28.3. The third-order valence-corrected chi connectivity index (χ3v) is 15.1. The average molecular weight is 1210 g/mol. The fourth-order valence-electron chi connectivity index (χ4n) is 10.8. The molecule has 21 heteroatoms. The predicted molar refractivity (Wildman–Crippen MR) is 323 cm³/mol. The number of rotatable bonds is 22. The maximum Gasteiger partial charge on any atom is 0.413 e. The van der Waals surface area contributed by atoms with Gasteiger partial charge in [-0.05, 0) is 66.8 Å². The summed E-state index contributed by atoms with van der Waals surface area (Å²) in [5.41, 5.74) is 13.0. The SMILES string of the molecule is C=CCOC(=O)C[C@@H](C(=O)O)N(C)C(=O)OCC1c2ccccc2-c2ccccc21.C=CCOC(=O)C[C@H](NC(=O)OCC1c2ccccc2-c2ccccc21)C(=O)O.C=CCOC(=O)C[C@H]1C(=O)OCN1C(=O)OCC1c2ccccc2-c2ccccc21. The molecule has 4 aliphatic rings. The molecule has 1 fully saturated rings. The van der Waals surface area contributed by atoms with Gasteiger partial charge in [-0.15, -0.1) is 0 Å². The van der Waals surface area contributed by atoms with Crippen molar-refractivity contribution >= 4 is 54.1 Å². The van der Waals surface area contributed by atoms with Crippen molar-refractivity contribution in [2.75, 3.05) is 53.4 Å². The number of carbonyl (C=O) groups excluding carboxylic acids is 7. The zero-order valence-electron chi connectivity index (χ0n) is 48.6. The molecule has 3 atom stereocenters. The quantitative estimate of drug-likeness (QED) is 0.0324. The summed E-state index contributed by atoms with van der Waals surface area (Å²) in [7, 11) is 1.29. The van der Waals surface area contributed by atoms with Crippen LogP contribution in [0, 0.1) is 0 Å². The van der Waals surface area contributed by atoms with E-state index in [1.807, 2.05) is 146 Å². The van der Waals surface area contributed by atoms with Gasteiger partial charge in [-0.1, -0.05) is 184 Å². The number of benzene rings is 6. The fourth-order valence-corrected chi connectivity index (χ4v) is 10.8. The number of likely N-dealkylation sites (N-methyl/N-ethyl adjacent to an activating group) is 1. The molecule has 0 saturated carbocycles. The van der Waals surface area contributed by atoms with Gasteiger partial charge in [0, 0.05) is 24.8 Å². The van der Waals surface area contributed by atoms with Crippen molar-refractivity contribution in [2.24, 2.45) is 0 Å². The van der Waals surface area contributed by atoms with Crippen LogP contribution in [0.4, 0.5) is 14.4 Å². The van der Waals surface area contributed by atoms with Crippen LogP contribution in [0.25, 0.3) is 33.4 Å². The van der Waals surface area contributed by atoms with E-state index in [9.17, 15) is 53.4 Å². The summed E-state index contributed by atoms with van der Waals surface area (Å²) in [5, 5.41) is 20.9. The smallest absolute Gasteiger partial charge is 0.413 e. The minimum Gasteiger partial charge on any atom is -0.480 e. The molecule has 0 radical (unpaired) electrons. The van der Waals surface area contributed by atoms with Crippen LogP contribution < -0.4 is 5.32 Å². The van der Waals surface area contributed by atoms with Gasteiger partial charge in [0.1, 0.15) is 57.8 Å². The van der Waals surface area contributed by atoms with Crippen molar-refractivity contribution in [3.05, 3.63) is 217 Å². The van der Waals surface area contributed by atoms with Crippen LogP contribution >= 0.6 is 0 Å². The first-order valence-corrected chi connectivity index (χ1v) is 28.3. The van der Waals surface area contributed by atoms with E-state index in [-0.39, 0.29) is 70.5 Å². The number of nitrogens with zero attached hydrogens (tertiary/aromatic N) is 2. The molecule has 89 heavy (non-hydrogen) atoms. The zero-order chi connectivity index (χ0) is 63.6. The molecular formula is C68H65N3O18. The van der Waals surface area contributed by atoms with E-state index in [1.165, 1.54) is 25.3 Å². The number of fused-ring (bicyclic) bond motifs is 9.